The number of nitrogens with zero attached hydrogens (tertiary/aromatic N) is 3. The molecule has 0 saturated carbocycles. The smallest absolute Gasteiger partial charge is 0.0712 e. The van der Waals surface area contributed by atoms with Crippen molar-refractivity contribution in [2.24, 2.45) is 0 Å². The van der Waals surface area contributed by atoms with Gasteiger partial charge in [0, 0.05) is 27.3 Å². The van der Waals surface area contributed by atoms with Crippen LogP contribution >= 0.6 is 22.6 Å². The van der Waals surface area contributed by atoms with Gasteiger partial charge in [0.2, 0.25) is 0 Å². The number of aromatic nitrogens is 3. The van der Waals surface area contributed by atoms with Gasteiger partial charge in [-0.05, 0) is 53.3 Å². The van der Waals surface area contributed by atoms with E-state index in [0.29, 0.717) is 0 Å². The average Bonchev–Trinajstić information content (AvgIpc) is 2.82. The highest BCUT2D eigenvalue weighted by Crippen LogP contribution is 2.24. The average molecular weight is 363 g/mol. The van der Waals surface area contributed by atoms with Gasteiger partial charge in [-0.1, -0.05) is 13.0 Å². The molecule has 3 nitrogen and oxygen atoms in total. The molecule has 0 aliphatic carbocycles. The Kier molecular flexibility index (Phi) is 3.50. The van der Waals surface area contributed by atoms with E-state index in [1.165, 1.54) is 14.5 Å². The quantitative estimate of drug-likeness (QED) is 0.656. The van der Waals surface area contributed by atoms with Crippen molar-refractivity contribution in [3.63, 3.8) is 0 Å². The summed E-state index contributed by atoms with van der Waals surface area (Å²) in [6.45, 7) is 3.13. The number of halogens is 1. The summed E-state index contributed by atoms with van der Waals surface area (Å²) >= 11 is 2.31. The van der Waals surface area contributed by atoms with Gasteiger partial charge in [-0.3, -0.25) is 9.67 Å². The van der Waals surface area contributed by atoms with Crippen molar-refractivity contribution >= 4 is 33.5 Å². The van der Waals surface area contributed by atoms with E-state index in [9.17, 15) is 0 Å². The van der Waals surface area contributed by atoms with Gasteiger partial charge in [-0.15, -0.1) is 0 Å². The SMILES string of the molecule is CCCn1ncc2cc(-c3cc(I)ccn3)ccc21. The minimum atomic E-state index is 0.963. The Hall–Kier alpha value is -1.43. The summed E-state index contributed by atoms with van der Waals surface area (Å²) < 4.78 is 3.26. The topological polar surface area (TPSA) is 30.7 Å². The molecule has 0 unspecified atom stereocenters. The van der Waals surface area contributed by atoms with Gasteiger partial charge in [-0.2, -0.15) is 5.10 Å². The number of benzene rings is 1. The second-order valence-electron chi connectivity index (χ2n) is 4.50. The molecule has 3 rings (SSSR count). The minimum Gasteiger partial charge on any atom is -0.265 e. The van der Waals surface area contributed by atoms with E-state index < -0.39 is 0 Å². The van der Waals surface area contributed by atoms with E-state index in [0.717, 1.165) is 24.2 Å². The molecule has 0 bridgehead atoms. The number of fused-ring (bicyclic) bond motifs is 1. The summed E-state index contributed by atoms with van der Waals surface area (Å²) in [4.78, 5) is 4.43. The first-order valence-corrected chi connectivity index (χ1v) is 7.43. The Bertz CT molecular complexity index is 718. The highest BCUT2D eigenvalue weighted by molar-refractivity contribution is 14.1. The standard InChI is InChI=1S/C15H14IN3/c1-2-7-19-15-4-3-11(8-12(15)10-18-19)14-9-13(16)5-6-17-14/h3-6,8-10H,2,7H2,1H3. The van der Waals surface area contributed by atoms with Crippen molar-refractivity contribution in [2.45, 2.75) is 19.9 Å². The molecule has 0 radical (unpaired) electrons. The lowest BCUT2D eigenvalue weighted by Crippen LogP contribution is -1.97. The highest BCUT2D eigenvalue weighted by Gasteiger charge is 2.05. The Morgan fingerprint density at radius 3 is 2.89 bits per heavy atom. The summed E-state index contributed by atoms with van der Waals surface area (Å²) in [5, 5.41) is 5.60. The maximum absolute atomic E-state index is 4.43. The first-order chi connectivity index (χ1) is 9.28. The molecular formula is C15H14IN3. The lowest BCUT2D eigenvalue weighted by molar-refractivity contribution is 0.622. The summed E-state index contributed by atoms with van der Waals surface area (Å²) in [5.74, 6) is 0. The first kappa shape index (κ1) is 12.6. The summed E-state index contributed by atoms with van der Waals surface area (Å²) in [6, 6.07) is 10.5. The van der Waals surface area contributed by atoms with Crippen LogP contribution in [-0.2, 0) is 6.54 Å². The lowest BCUT2D eigenvalue weighted by Gasteiger charge is -2.03. The molecule has 0 amide bonds. The van der Waals surface area contributed by atoms with Gasteiger partial charge >= 0.3 is 0 Å². The lowest BCUT2D eigenvalue weighted by atomic mass is 10.1. The van der Waals surface area contributed by atoms with Gasteiger partial charge in [0.05, 0.1) is 17.4 Å². The largest absolute Gasteiger partial charge is 0.265 e. The van der Waals surface area contributed by atoms with E-state index in [-0.39, 0.29) is 0 Å². The molecule has 0 N–H and O–H groups in total. The normalized spacial score (nSPS) is 11.1. The molecule has 0 saturated heterocycles. The maximum Gasteiger partial charge on any atom is 0.0712 e. The fourth-order valence-corrected chi connectivity index (χ4v) is 2.65. The van der Waals surface area contributed by atoms with E-state index in [1.54, 1.807) is 0 Å². The van der Waals surface area contributed by atoms with Crippen molar-refractivity contribution < 1.29 is 0 Å². The molecule has 0 spiro atoms. The number of pyridine rings is 1. The fourth-order valence-electron chi connectivity index (χ4n) is 2.20. The van der Waals surface area contributed by atoms with Crippen LogP contribution in [0.1, 0.15) is 13.3 Å². The molecule has 3 aromatic rings. The van der Waals surface area contributed by atoms with Crippen LogP contribution in [0.4, 0.5) is 0 Å². The zero-order valence-electron chi connectivity index (χ0n) is 10.7. The van der Waals surface area contributed by atoms with Crippen molar-refractivity contribution in [1.82, 2.24) is 14.8 Å². The number of rotatable bonds is 3. The van der Waals surface area contributed by atoms with Crippen LogP contribution in [0.25, 0.3) is 22.2 Å². The molecule has 0 fully saturated rings. The molecule has 2 heterocycles. The van der Waals surface area contributed by atoms with E-state index in [2.05, 4.69) is 68.5 Å². The number of aryl methyl sites for hydroxylation is 1. The third-order valence-corrected chi connectivity index (χ3v) is 3.77. The predicted molar refractivity (Wildman–Crippen MR) is 86.0 cm³/mol. The summed E-state index contributed by atoms with van der Waals surface area (Å²) in [5.41, 5.74) is 3.34. The molecule has 0 aliphatic heterocycles. The second-order valence-corrected chi connectivity index (χ2v) is 5.75. The summed E-state index contributed by atoms with van der Waals surface area (Å²) in [6.07, 6.45) is 4.88. The molecule has 19 heavy (non-hydrogen) atoms. The van der Waals surface area contributed by atoms with Crippen LogP contribution in [0, 0.1) is 3.57 Å². The second kappa shape index (κ2) is 5.28. The Morgan fingerprint density at radius 2 is 2.11 bits per heavy atom. The van der Waals surface area contributed by atoms with Crippen LogP contribution in [0.5, 0.6) is 0 Å². The van der Waals surface area contributed by atoms with E-state index in [4.69, 9.17) is 0 Å². The molecule has 1 aromatic carbocycles. The van der Waals surface area contributed by atoms with Crippen LogP contribution < -0.4 is 0 Å². The van der Waals surface area contributed by atoms with Crippen molar-refractivity contribution in [2.75, 3.05) is 0 Å². The number of hydrogen-bond donors (Lipinski definition) is 0. The Labute approximate surface area is 125 Å². The third kappa shape index (κ3) is 2.49. The van der Waals surface area contributed by atoms with Crippen LogP contribution in [0.3, 0.4) is 0 Å². The third-order valence-electron chi connectivity index (χ3n) is 3.09. The van der Waals surface area contributed by atoms with Gasteiger partial charge in [-0.25, -0.2) is 0 Å². The zero-order chi connectivity index (χ0) is 13.2. The first-order valence-electron chi connectivity index (χ1n) is 6.35. The molecule has 2 aromatic heterocycles. The van der Waals surface area contributed by atoms with Crippen molar-refractivity contribution in [3.8, 4) is 11.3 Å². The number of hydrogen-bond acceptors (Lipinski definition) is 2. The molecule has 0 aliphatic rings. The summed E-state index contributed by atoms with van der Waals surface area (Å²) in [7, 11) is 0. The zero-order valence-corrected chi connectivity index (χ0v) is 12.8. The maximum atomic E-state index is 4.43. The van der Waals surface area contributed by atoms with E-state index >= 15 is 0 Å². The molecular weight excluding hydrogens is 349 g/mol. The highest BCUT2D eigenvalue weighted by atomic mass is 127. The molecule has 4 heteroatoms. The van der Waals surface area contributed by atoms with Crippen molar-refractivity contribution in [1.29, 1.82) is 0 Å². The molecule has 0 atom stereocenters. The van der Waals surface area contributed by atoms with E-state index in [1.807, 2.05) is 18.5 Å². The molecule has 96 valence electrons. The fraction of sp³-hybridized carbons (Fsp3) is 0.200. The van der Waals surface area contributed by atoms with Crippen molar-refractivity contribution in [3.05, 3.63) is 46.3 Å². The monoisotopic (exact) mass is 363 g/mol. The van der Waals surface area contributed by atoms with Gasteiger partial charge in [0.1, 0.15) is 0 Å². The minimum absolute atomic E-state index is 0.963. The van der Waals surface area contributed by atoms with Gasteiger partial charge < -0.3 is 0 Å². The van der Waals surface area contributed by atoms with Gasteiger partial charge in [0.15, 0.2) is 0 Å². The Balaban J connectivity index is 2.07. The van der Waals surface area contributed by atoms with Crippen LogP contribution in [0.2, 0.25) is 0 Å². The predicted octanol–water partition coefficient (Wildman–Crippen LogP) is 4.11. The van der Waals surface area contributed by atoms with Crippen LogP contribution in [-0.4, -0.2) is 14.8 Å². The van der Waals surface area contributed by atoms with Crippen LogP contribution in [0.15, 0.2) is 42.7 Å². The Morgan fingerprint density at radius 1 is 1.21 bits per heavy atom. The van der Waals surface area contributed by atoms with Gasteiger partial charge in [0.25, 0.3) is 0 Å².